The zero-order valence-corrected chi connectivity index (χ0v) is 15.5. The average Bonchev–Trinajstić information content (AvgIpc) is 3.33. The first kappa shape index (κ1) is 17.0. The number of aryl methyl sites for hydroxylation is 1. The van der Waals surface area contributed by atoms with E-state index in [1.54, 1.807) is 35.4 Å². The molecule has 0 saturated heterocycles. The maximum Gasteiger partial charge on any atom is 0.219 e. The first-order chi connectivity index (χ1) is 14.2. The second kappa shape index (κ2) is 6.79. The maximum absolute atomic E-state index is 9.38. The van der Waals surface area contributed by atoms with E-state index in [0.29, 0.717) is 23.0 Å². The van der Waals surface area contributed by atoms with Crippen LogP contribution in [0.25, 0.3) is 21.9 Å². The van der Waals surface area contributed by atoms with E-state index in [2.05, 4.69) is 15.1 Å². The SMILES string of the molecule is Cc1cn(/C(=N\O)c2ccc(Oc3ccc4oc5ccccc5c4c3)nc2)cn1. The molecule has 0 radical (unpaired) electrons. The third kappa shape index (κ3) is 3.08. The summed E-state index contributed by atoms with van der Waals surface area (Å²) < 4.78 is 13.4. The minimum atomic E-state index is 0.330. The Morgan fingerprint density at radius 2 is 1.90 bits per heavy atom. The number of hydrogen-bond donors (Lipinski definition) is 1. The van der Waals surface area contributed by atoms with Gasteiger partial charge in [-0.25, -0.2) is 9.97 Å². The predicted octanol–water partition coefficient (Wildman–Crippen LogP) is 4.96. The lowest BCUT2D eigenvalue weighted by atomic mass is 10.1. The van der Waals surface area contributed by atoms with Crippen molar-refractivity contribution >= 4 is 27.8 Å². The Hall–Kier alpha value is -4.13. The van der Waals surface area contributed by atoms with Crippen LogP contribution in [0.1, 0.15) is 11.3 Å². The van der Waals surface area contributed by atoms with E-state index >= 15 is 0 Å². The van der Waals surface area contributed by atoms with Gasteiger partial charge >= 0.3 is 0 Å². The summed E-state index contributed by atoms with van der Waals surface area (Å²) in [5, 5.41) is 14.8. The third-order valence-electron chi connectivity index (χ3n) is 4.62. The molecule has 29 heavy (non-hydrogen) atoms. The Morgan fingerprint density at radius 1 is 1.03 bits per heavy atom. The van der Waals surface area contributed by atoms with Gasteiger partial charge in [-0.3, -0.25) is 4.57 Å². The predicted molar refractivity (Wildman–Crippen MR) is 109 cm³/mol. The molecule has 5 rings (SSSR count). The highest BCUT2D eigenvalue weighted by Gasteiger charge is 2.11. The molecule has 0 bridgehead atoms. The molecule has 0 unspecified atom stereocenters. The van der Waals surface area contributed by atoms with Gasteiger partial charge in [0.15, 0.2) is 5.84 Å². The molecule has 0 aliphatic heterocycles. The van der Waals surface area contributed by atoms with E-state index in [9.17, 15) is 5.21 Å². The Bertz CT molecular complexity index is 1350. The lowest BCUT2D eigenvalue weighted by Gasteiger charge is -2.07. The standard InChI is InChI=1S/C22H16N4O3/c1-14-12-26(13-24-14)22(25-27)15-6-9-21(23-11-15)28-16-7-8-20-18(10-16)17-4-2-3-5-19(17)29-20/h2-13,27H,1H3/b25-22-. The number of benzene rings is 2. The summed E-state index contributed by atoms with van der Waals surface area (Å²) in [6.45, 7) is 1.86. The molecule has 142 valence electrons. The molecule has 0 aliphatic rings. The second-order valence-corrected chi connectivity index (χ2v) is 6.59. The third-order valence-corrected chi connectivity index (χ3v) is 4.62. The molecular formula is C22H16N4O3. The second-order valence-electron chi connectivity index (χ2n) is 6.59. The van der Waals surface area contributed by atoms with E-state index in [1.165, 1.54) is 0 Å². The Labute approximate surface area is 165 Å². The number of para-hydroxylation sites is 1. The summed E-state index contributed by atoms with van der Waals surface area (Å²) >= 11 is 0. The van der Waals surface area contributed by atoms with E-state index in [4.69, 9.17) is 9.15 Å². The summed E-state index contributed by atoms with van der Waals surface area (Å²) in [5.74, 6) is 1.42. The fourth-order valence-corrected chi connectivity index (χ4v) is 3.26. The van der Waals surface area contributed by atoms with E-state index in [0.717, 1.165) is 27.6 Å². The highest BCUT2D eigenvalue weighted by molar-refractivity contribution is 6.05. The highest BCUT2D eigenvalue weighted by atomic mass is 16.5. The lowest BCUT2D eigenvalue weighted by Crippen LogP contribution is -2.12. The van der Waals surface area contributed by atoms with Crippen LogP contribution >= 0.6 is 0 Å². The molecule has 7 nitrogen and oxygen atoms in total. The van der Waals surface area contributed by atoms with Crippen molar-refractivity contribution in [1.82, 2.24) is 14.5 Å². The fraction of sp³-hybridized carbons (Fsp3) is 0.0455. The normalized spacial score (nSPS) is 12.0. The van der Waals surface area contributed by atoms with Crippen molar-refractivity contribution in [3.63, 3.8) is 0 Å². The van der Waals surface area contributed by atoms with Gasteiger partial charge in [-0.1, -0.05) is 23.4 Å². The monoisotopic (exact) mass is 384 g/mol. The molecule has 0 amide bonds. The summed E-state index contributed by atoms with van der Waals surface area (Å²) in [4.78, 5) is 8.48. The molecule has 3 aromatic heterocycles. The van der Waals surface area contributed by atoms with Crippen LogP contribution in [0, 0.1) is 6.92 Å². The zero-order chi connectivity index (χ0) is 19.8. The number of aromatic nitrogens is 3. The number of fused-ring (bicyclic) bond motifs is 3. The van der Waals surface area contributed by atoms with Crippen molar-refractivity contribution < 1.29 is 14.4 Å². The van der Waals surface area contributed by atoms with Gasteiger partial charge in [-0.15, -0.1) is 0 Å². The van der Waals surface area contributed by atoms with Crippen molar-refractivity contribution in [2.75, 3.05) is 0 Å². The van der Waals surface area contributed by atoms with Crippen molar-refractivity contribution in [2.45, 2.75) is 6.92 Å². The van der Waals surface area contributed by atoms with Crippen molar-refractivity contribution in [3.05, 3.63) is 84.6 Å². The summed E-state index contributed by atoms with van der Waals surface area (Å²) in [6.07, 6.45) is 4.94. The average molecular weight is 384 g/mol. The molecule has 1 N–H and O–H groups in total. The van der Waals surface area contributed by atoms with Gasteiger partial charge in [0.1, 0.15) is 23.2 Å². The van der Waals surface area contributed by atoms with Gasteiger partial charge in [0, 0.05) is 34.8 Å². The molecule has 0 saturated carbocycles. The van der Waals surface area contributed by atoms with Gasteiger partial charge in [0.2, 0.25) is 5.88 Å². The van der Waals surface area contributed by atoms with Crippen LogP contribution in [0.15, 0.2) is 82.9 Å². The molecule has 7 heteroatoms. The minimum absolute atomic E-state index is 0.330. The van der Waals surface area contributed by atoms with Crippen LogP contribution in [-0.2, 0) is 0 Å². The summed E-state index contributed by atoms with van der Waals surface area (Å²) in [6, 6.07) is 17.1. The zero-order valence-electron chi connectivity index (χ0n) is 15.5. The van der Waals surface area contributed by atoms with Crippen molar-refractivity contribution in [2.24, 2.45) is 5.16 Å². The van der Waals surface area contributed by atoms with E-state index < -0.39 is 0 Å². The fourth-order valence-electron chi connectivity index (χ4n) is 3.26. The summed E-state index contributed by atoms with van der Waals surface area (Å²) in [5.41, 5.74) is 3.10. The topological polar surface area (TPSA) is 85.7 Å². The number of ether oxygens (including phenoxy) is 1. The Kier molecular flexibility index (Phi) is 3.98. The Morgan fingerprint density at radius 3 is 2.66 bits per heavy atom. The molecule has 0 spiro atoms. The van der Waals surface area contributed by atoms with Gasteiger partial charge < -0.3 is 14.4 Å². The number of hydrogen-bond acceptors (Lipinski definition) is 6. The number of pyridine rings is 1. The van der Waals surface area contributed by atoms with Crippen molar-refractivity contribution in [3.8, 4) is 11.6 Å². The van der Waals surface area contributed by atoms with Gasteiger partial charge in [-0.2, -0.15) is 0 Å². The quantitative estimate of drug-likeness (QED) is 0.206. The van der Waals surface area contributed by atoms with E-state index in [1.807, 2.05) is 49.4 Å². The van der Waals surface area contributed by atoms with Crippen LogP contribution in [-0.4, -0.2) is 25.6 Å². The van der Waals surface area contributed by atoms with Gasteiger partial charge in [0.25, 0.3) is 0 Å². The number of rotatable bonds is 3. The van der Waals surface area contributed by atoms with Gasteiger partial charge in [0.05, 0.1) is 5.69 Å². The van der Waals surface area contributed by atoms with Crippen LogP contribution in [0.5, 0.6) is 11.6 Å². The van der Waals surface area contributed by atoms with Crippen molar-refractivity contribution in [1.29, 1.82) is 0 Å². The lowest BCUT2D eigenvalue weighted by molar-refractivity contribution is 0.317. The number of oxime groups is 1. The number of nitrogens with zero attached hydrogens (tertiary/aromatic N) is 4. The minimum Gasteiger partial charge on any atom is -0.456 e. The van der Waals surface area contributed by atoms with Crippen LogP contribution < -0.4 is 4.74 Å². The van der Waals surface area contributed by atoms with Crippen LogP contribution in [0.3, 0.4) is 0 Å². The first-order valence-corrected chi connectivity index (χ1v) is 9.00. The Balaban J connectivity index is 1.43. The summed E-state index contributed by atoms with van der Waals surface area (Å²) in [7, 11) is 0. The maximum atomic E-state index is 9.38. The molecule has 0 aliphatic carbocycles. The number of imidazole rings is 1. The molecule has 0 atom stereocenters. The van der Waals surface area contributed by atoms with E-state index in [-0.39, 0.29) is 0 Å². The molecule has 3 heterocycles. The molecular weight excluding hydrogens is 368 g/mol. The smallest absolute Gasteiger partial charge is 0.219 e. The molecule has 2 aromatic carbocycles. The first-order valence-electron chi connectivity index (χ1n) is 9.00. The largest absolute Gasteiger partial charge is 0.456 e. The van der Waals surface area contributed by atoms with Crippen LogP contribution in [0.4, 0.5) is 0 Å². The van der Waals surface area contributed by atoms with Gasteiger partial charge in [-0.05, 0) is 37.3 Å². The van der Waals surface area contributed by atoms with Crippen LogP contribution in [0.2, 0.25) is 0 Å². The molecule has 0 fully saturated rings. The highest BCUT2D eigenvalue weighted by Crippen LogP contribution is 2.32. The molecule has 5 aromatic rings. The number of furan rings is 1.